The van der Waals surface area contributed by atoms with E-state index in [1.165, 1.54) is 0 Å². The van der Waals surface area contributed by atoms with Crippen LogP contribution in [0.25, 0.3) is 0 Å². The molecule has 0 aliphatic rings. The number of carbonyl (C=O) groups is 1. The van der Waals surface area contributed by atoms with Gasteiger partial charge in [0.15, 0.2) is 11.5 Å². The second-order valence-electron chi connectivity index (χ2n) is 6.33. The number of benzene rings is 3. The number of methoxy groups -OCH3 is 1. The first-order valence-electron chi connectivity index (χ1n) is 9.46. The molecule has 0 saturated heterocycles. The van der Waals surface area contributed by atoms with Gasteiger partial charge in [-0.1, -0.05) is 60.7 Å². The topological polar surface area (TPSA) is 59.9 Å². The Morgan fingerprint density at radius 1 is 0.966 bits per heavy atom. The van der Waals surface area contributed by atoms with Crippen molar-refractivity contribution in [1.82, 2.24) is 5.43 Å². The fraction of sp³-hybridized carbons (Fsp3) is 0.167. The maximum absolute atomic E-state index is 12.9. The Morgan fingerprint density at radius 3 is 2.14 bits per heavy atom. The van der Waals surface area contributed by atoms with Crippen molar-refractivity contribution in [2.75, 3.05) is 13.7 Å². The molecule has 5 heteroatoms. The van der Waals surface area contributed by atoms with E-state index in [9.17, 15) is 4.79 Å². The lowest BCUT2D eigenvalue weighted by Crippen LogP contribution is -2.26. The third kappa shape index (κ3) is 5.23. The zero-order chi connectivity index (χ0) is 20.5. The summed E-state index contributed by atoms with van der Waals surface area (Å²) in [5.41, 5.74) is 5.29. The van der Waals surface area contributed by atoms with Crippen molar-refractivity contribution < 1.29 is 14.3 Å². The van der Waals surface area contributed by atoms with Crippen LogP contribution in [0.15, 0.2) is 84.0 Å². The molecule has 0 radical (unpaired) electrons. The summed E-state index contributed by atoms with van der Waals surface area (Å²) in [7, 11) is 1.60. The maximum atomic E-state index is 12.9. The van der Waals surface area contributed by atoms with Gasteiger partial charge in [-0.3, -0.25) is 4.79 Å². The van der Waals surface area contributed by atoms with E-state index < -0.39 is 5.92 Å². The highest BCUT2D eigenvalue weighted by atomic mass is 16.5. The lowest BCUT2D eigenvalue weighted by molar-refractivity contribution is -0.121. The molecule has 0 saturated carbocycles. The Bertz CT molecular complexity index is 917. The Hall–Kier alpha value is -3.60. The SMILES string of the molecule is CCOc1cc(/C=N/NC(=O)C(c2ccccc2)c2ccccc2)ccc1OC. The van der Waals surface area contributed by atoms with Gasteiger partial charge in [0.25, 0.3) is 5.91 Å². The number of hydrazone groups is 1. The van der Waals surface area contributed by atoms with Crippen LogP contribution < -0.4 is 14.9 Å². The largest absolute Gasteiger partial charge is 0.493 e. The van der Waals surface area contributed by atoms with E-state index >= 15 is 0 Å². The van der Waals surface area contributed by atoms with Crippen LogP contribution in [-0.4, -0.2) is 25.8 Å². The molecular formula is C24H24N2O3. The van der Waals surface area contributed by atoms with Crippen LogP contribution in [0.1, 0.15) is 29.5 Å². The lowest BCUT2D eigenvalue weighted by atomic mass is 9.91. The highest BCUT2D eigenvalue weighted by Crippen LogP contribution is 2.27. The molecule has 0 atom stereocenters. The minimum Gasteiger partial charge on any atom is -0.493 e. The minimum atomic E-state index is -0.440. The van der Waals surface area contributed by atoms with E-state index in [-0.39, 0.29) is 5.91 Å². The minimum absolute atomic E-state index is 0.197. The average molecular weight is 388 g/mol. The van der Waals surface area contributed by atoms with Crippen LogP contribution in [0.5, 0.6) is 11.5 Å². The quantitative estimate of drug-likeness (QED) is 0.460. The normalized spacial score (nSPS) is 10.9. The van der Waals surface area contributed by atoms with Crippen molar-refractivity contribution >= 4 is 12.1 Å². The first-order chi connectivity index (χ1) is 14.2. The molecule has 0 heterocycles. The lowest BCUT2D eigenvalue weighted by Gasteiger charge is -2.16. The Labute approximate surface area is 171 Å². The van der Waals surface area contributed by atoms with Gasteiger partial charge < -0.3 is 9.47 Å². The fourth-order valence-electron chi connectivity index (χ4n) is 3.06. The summed E-state index contributed by atoms with van der Waals surface area (Å²) < 4.78 is 10.9. The second kappa shape index (κ2) is 10.1. The monoisotopic (exact) mass is 388 g/mol. The fourth-order valence-corrected chi connectivity index (χ4v) is 3.06. The van der Waals surface area contributed by atoms with E-state index in [0.717, 1.165) is 16.7 Å². The summed E-state index contributed by atoms with van der Waals surface area (Å²) in [6.45, 7) is 2.44. The zero-order valence-electron chi connectivity index (χ0n) is 16.5. The Balaban J connectivity index is 1.78. The molecular weight excluding hydrogens is 364 g/mol. The molecule has 0 aromatic heterocycles. The van der Waals surface area contributed by atoms with Gasteiger partial charge in [0.2, 0.25) is 0 Å². The van der Waals surface area contributed by atoms with Crippen LogP contribution in [0.4, 0.5) is 0 Å². The van der Waals surface area contributed by atoms with E-state index in [1.807, 2.05) is 85.8 Å². The zero-order valence-corrected chi connectivity index (χ0v) is 16.5. The van der Waals surface area contributed by atoms with Crippen LogP contribution in [0, 0.1) is 0 Å². The predicted octanol–water partition coefficient (Wildman–Crippen LogP) is 4.38. The van der Waals surface area contributed by atoms with Gasteiger partial charge in [0, 0.05) is 0 Å². The number of hydrogen-bond acceptors (Lipinski definition) is 4. The van der Waals surface area contributed by atoms with Gasteiger partial charge in [0.1, 0.15) is 0 Å². The number of hydrogen-bond donors (Lipinski definition) is 1. The Morgan fingerprint density at radius 2 is 1.59 bits per heavy atom. The van der Waals surface area contributed by atoms with E-state index in [2.05, 4.69) is 10.5 Å². The molecule has 148 valence electrons. The third-order valence-corrected chi connectivity index (χ3v) is 4.40. The van der Waals surface area contributed by atoms with Crippen molar-refractivity contribution in [3.63, 3.8) is 0 Å². The van der Waals surface area contributed by atoms with Gasteiger partial charge in [-0.05, 0) is 41.8 Å². The molecule has 0 fully saturated rings. The van der Waals surface area contributed by atoms with Crippen molar-refractivity contribution in [1.29, 1.82) is 0 Å². The standard InChI is InChI=1S/C24H24N2O3/c1-3-29-22-16-18(14-15-21(22)28-2)17-25-26-24(27)23(19-10-6-4-7-11-19)20-12-8-5-9-13-20/h4-17,23H,3H2,1-2H3,(H,26,27)/b25-17+. The number of ether oxygens (including phenoxy) is 2. The molecule has 0 bridgehead atoms. The van der Waals surface area contributed by atoms with Crippen molar-refractivity contribution in [3.8, 4) is 11.5 Å². The molecule has 0 aliphatic heterocycles. The average Bonchev–Trinajstić information content (AvgIpc) is 2.76. The molecule has 0 aliphatic carbocycles. The molecule has 1 N–H and O–H groups in total. The van der Waals surface area contributed by atoms with E-state index in [4.69, 9.17) is 9.47 Å². The number of carbonyl (C=O) groups excluding carboxylic acids is 1. The van der Waals surface area contributed by atoms with Gasteiger partial charge in [-0.2, -0.15) is 5.10 Å². The number of amides is 1. The highest BCUT2D eigenvalue weighted by Gasteiger charge is 2.22. The smallest absolute Gasteiger partial charge is 0.252 e. The van der Waals surface area contributed by atoms with Gasteiger partial charge in [0.05, 0.1) is 25.8 Å². The summed E-state index contributed by atoms with van der Waals surface area (Å²) in [6.07, 6.45) is 1.59. The number of rotatable bonds is 8. The highest BCUT2D eigenvalue weighted by molar-refractivity contribution is 5.88. The number of nitrogens with zero attached hydrogens (tertiary/aromatic N) is 1. The molecule has 29 heavy (non-hydrogen) atoms. The predicted molar refractivity (Wildman–Crippen MR) is 115 cm³/mol. The van der Waals surface area contributed by atoms with Crippen LogP contribution >= 0.6 is 0 Å². The Kier molecular flexibility index (Phi) is 7.00. The summed E-state index contributed by atoms with van der Waals surface area (Å²) in [5.74, 6) is 0.652. The van der Waals surface area contributed by atoms with Crippen LogP contribution in [0.2, 0.25) is 0 Å². The van der Waals surface area contributed by atoms with Crippen molar-refractivity contribution in [2.24, 2.45) is 5.10 Å². The molecule has 3 rings (SSSR count). The van der Waals surface area contributed by atoms with E-state index in [1.54, 1.807) is 13.3 Å². The van der Waals surface area contributed by atoms with E-state index in [0.29, 0.717) is 18.1 Å². The van der Waals surface area contributed by atoms with Crippen molar-refractivity contribution in [2.45, 2.75) is 12.8 Å². The molecule has 5 nitrogen and oxygen atoms in total. The number of nitrogens with one attached hydrogen (secondary N) is 1. The van der Waals surface area contributed by atoms with Gasteiger partial charge in [-0.25, -0.2) is 5.43 Å². The molecule has 3 aromatic carbocycles. The first-order valence-corrected chi connectivity index (χ1v) is 9.46. The molecule has 1 amide bonds. The third-order valence-electron chi connectivity index (χ3n) is 4.40. The molecule has 3 aromatic rings. The summed E-state index contributed by atoms with van der Waals surface area (Å²) in [6, 6.07) is 24.8. The molecule has 0 spiro atoms. The van der Waals surface area contributed by atoms with Gasteiger partial charge >= 0.3 is 0 Å². The maximum Gasteiger partial charge on any atom is 0.252 e. The van der Waals surface area contributed by atoms with Gasteiger partial charge in [-0.15, -0.1) is 0 Å². The second-order valence-corrected chi connectivity index (χ2v) is 6.33. The summed E-state index contributed by atoms with van der Waals surface area (Å²) in [5, 5.41) is 4.15. The van der Waals surface area contributed by atoms with Crippen LogP contribution in [0.3, 0.4) is 0 Å². The summed E-state index contributed by atoms with van der Waals surface area (Å²) in [4.78, 5) is 12.9. The van der Waals surface area contributed by atoms with Crippen LogP contribution in [-0.2, 0) is 4.79 Å². The first kappa shape index (κ1) is 20.1. The summed E-state index contributed by atoms with van der Waals surface area (Å²) >= 11 is 0. The van der Waals surface area contributed by atoms with Crippen molar-refractivity contribution in [3.05, 3.63) is 95.6 Å². The molecule has 0 unspecified atom stereocenters.